The number of aldehydes is 1. The first kappa shape index (κ1) is 30.0. The van der Waals surface area contributed by atoms with Crippen molar-refractivity contribution in [1.82, 2.24) is 0 Å². The van der Waals surface area contributed by atoms with Crippen LogP contribution >= 0.6 is 0 Å². The van der Waals surface area contributed by atoms with Gasteiger partial charge in [-0.2, -0.15) is 0 Å². The maximum atomic E-state index is 13.2. The van der Waals surface area contributed by atoms with Gasteiger partial charge in [0.2, 0.25) is 0 Å². The van der Waals surface area contributed by atoms with E-state index >= 15 is 0 Å². The third-order valence-electron chi connectivity index (χ3n) is 14.1. The minimum Gasteiger partial charge on any atom is -0.458 e. The summed E-state index contributed by atoms with van der Waals surface area (Å²) in [5.74, 6) is -0.828. The van der Waals surface area contributed by atoms with Crippen molar-refractivity contribution < 1.29 is 43.5 Å². The Morgan fingerprint density at radius 2 is 1.75 bits per heavy atom. The quantitative estimate of drug-likeness (QED) is 0.268. The summed E-state index contributed by atoms with van der Waals surface area (Å²) in [7, 11) is 0. The highest BCUT2D eigenvalue weighted by Crippen LogP contribution is 2.70. The van der Waals surface area contributed by atoms with Gasteiger partial charge in [0.15, 0.2) is 12.1 Å². The second-order valence-corrected chi connectivity index (χ2v) is 16.0. The molecular weight excluding hydrogens is 564 g/mol. The predicted molar refractivity (Wildman–Crippen MR) is 157 cm³/mol. The topological polar surface area (TPSA) is 121 Å². The molecule has 0 amide bonds. The lowest BCUT2D eigenvalue weighted by atomic mass is 9.41. The third-order valence-corrected chi connectivity index (χ3v) is 14.1. The van der Waals surface area contributed by atoms with Gasteiger partial charge in [-0.1, -0.05) is 13.3 Å². The molecule has 8 rings (SSSR count). The molecular formula is C35H50O9. The lowest BCUT2D eigenvalue weighted by Gasteiger charge is -2.65. The second kappa shape index (κ2) is 10.3. The van der Waals surface area contributed by atoms with Crippen molar-refractivity contribution in [2.45, 2.75) is 158 Å². The van der Waals surface area contributed by atoms with Crippen molar-refractivity contribution in [1.29, 1.82) is 0 Å². The zero-order chi connectivity index (χ0) is 30.5. The molecule has 8 unspecified atom stereocenters. The van der Waals surface area contributed by atoms with Gasteiger partial charge in [0.05, 0.1) is 34.9 Å². The van der Waals surface area contributed by atoms with Crippen molar-refractivity contribution in [2.75, 3.05) is 6.61 Å². The highest BCUT2D eigenvalue weighted by atomic mass is 16.8. The molecule has 3 heterocycles. The first-order valence-electron chi connectivity index (χ1n) is 17.5. The zero-order valence-corrected chi connectivity index (χ0v) is 26.3. The standard InChI is InChI=1S/C35H50O9/c1-21-30-27(43-34(44-30)10-4-3-5-11-34)17-29(41-21)42-23-6-13-32(20-36)25-7-12-31(2)24(22-16-28(37)40-19-22)9-15-35(31,39)26(25)8-14-33(32,38)18-23/h16,20-21,23-27,29-30,38-39H,3-15,17-19H2,1-2H3/t21?,23?,24-,25-,26?,27?,29?,30?,31+,32-,33?,35?/m0/s1. The molecule has 0 aromatic heterocycles. The van der Waals surface area contributed by atoms with Gasteiger partial charge in [0.1, 0.15) is 19.0 Å². The Labute approximate surface area is 260 Å². The molecule has 12 atom stereocenters. The Hall–Kier alpha value is -1.36. The van der Waals surface area contributed by atoms with Crippen LogP contribution in [0.25, 0.3) is 0 Å². The van der Waals surface area contributed by atoms with Crippen LogP contribution in [0.3, 0.4) is 0 Å². The second-order valence-electron chi connectivity index (χ2n) is 16.0. The molecule has 0 aromatic rings. The van der Waals surface area contributed by atoms with Crippen LogP contribution in [-0.2, 0) is 33.3 Å². The summed E-state index contributed by atoms with van der Waals surface area (Å²) >= 11 is 0. The Morgan fingerprint density at radius 1 is 0.955 bits per heavy atom. The van der Waals surface area contributed by atoms with Crippen LogP contribution in [0.1, 0.15) is 110 Å². The molecule has 1 spiro atoms. The number of fused-ring (bicyclic) bond motifs is 6. The van der Waals surface area contributed by atoms with Gasteiger partial charge >= 0.3 is 5.97 Å². The van der Waals surface area contributed by atoms with Crippen LogP contribution in [0.5, 0.6) is 0 Å². The Bertz CT molecular complexity index is 1210. The average molecular weight is 615 g/mol. The normalized spacial score (nSPS) is 52.8. The molecule has 9 nitrogen and oxygen atoms in total. The van der Waals surface area contributed by atoms with Gasteiger partial charge in [0.25, 0.3) is 0 Å². The summed E-state index contributed by atoms with van der Waals surface area (Å²) in [6.07, 6.45) is 13.4. The highest BCUT2D eigenvalue weighted by Gasteiger charge is 2.71. The molecule has 7 fully saturated rings. The van der Waals surface area contributed by atoms with E-state index in [9.17, 15) is 19.8 Å². The molecule has 0 aromatic carbocycles. The first-order chi connectivity index (χ1) is 21.0. The predicted octanol–water partition coefficient (Wildman–Crippen LogP) is 4.50. The molecule has 0 bridgehead atoms. The fraction of sp³-hybridized carbons (Fsp3) is 0.886. The van der Waals surface area contributed by atoms with Crippen LogP contribution in [-0.4, -0.2) is 76.8 Å². The number of hydrogen-bond donors (Lipinski definition) is 2. The van der Waals surface area contributed by atoms with Crippen molar-refractivity contribution in [3.05, 3.63) is 11.6 Å². The molecule has 0 radical (unpaired) electrons. The molecule has 5 aliphatic carbocycles. The summed E-state index contributed by atoms with van der Waals surface area (Å²) in [4.78, 5) is 25.1. The van der Waals surface area contributed by atoms with Gasteiger partial charge in [0, 0.05) is 37.2 Å². The van der Waals surface area contributed by atoms with Crippen LogP contribution in [0.2, 0.25) is 0 Å². The monoisotopic (exact) mass is 614 g/mol. The van der Waals surface area contributed by atoms with E-state index in [1.54, 1.807) is 6.08 Å². The highest BCUT2D eigenvalue weighted by molar-refractivity contribution is 5.85. The molecule has 244 valence electrons. The number of esters is 1. The van der Waals surface area contributed by atoms with E-state index in [-0.39, 0.29) is 53.6 Å². The van der Waals surface area contributed by atoms with Crippen molar-refractivity contribution in [3.8, 4) is 0 Å². The van der Waals surface area contributed by atoms with Gasteiger partial charge in [-0.25, -0.2) is 4.79 Å². The van der Waals surface area contributed by atoms with E-state index in [0.717, 1.165) is 56.8 Å². The van der Waals surface area contributed by atoms with Crippen LogP contribution in [0.4, 0.5) is 0 Å². The van der Waals surface area contributed by atoms with Gasteiger partial charge in [-0.3, -0.25) is 0 Å². The number of carbonyl (C=O) groups excluding carboxylic acids is 2. The summed E-state index contributed by atoms with van der Waals surface area (Å²) in [5, 5.41) is 24.8. The summed E-state index contributed by atoms with van der Waals surface area (Å²) in [5.41, 5.74) is -2.42. The molecule has 2 N–H and O–H groups in total. The Kier molecular flexibility index (Phi) is 7.04. The number of ether oxygens (including phenoxy) is 5. The molecule has 44 heavy (non-hydrogen) atoms. The minimum absolute atomic E-state index is 0.0600. The molecule has 2 saturated heterocycles. The van der Waals surface area contributed by atoms with E-state index in [1.165, 1.54) is 6.42 Å². The zero-order valence-electron chi connectivity index (χ0n) is 26.3. The summed E-state index contributed by atoms with van der Waals surface area (Å²) in [6.45, 7) is 4.52. The first-order valence-corrected chi connectivity index (χ1v) is 17.5. The summed E-state index contributed by atoms with van der Waals surface area (Å²) in [6, 6.07) is 0. The van der Waals surface area contributed by atoms with E-state index in [0.29, 0.717) is 51.6 Å². The van der Waals surface area contributed by atoms with Crippen LogP contribution < -0.4 is 0 Å². The maximum Gasteiger partial charge on any atom is 0.331 e. The largest absolute Gasteiger partial charge is 0.458 e. The smallest absolute Gasteiger partial charge is 0.331 e. The van der Waals surface area contributed by atoms with Gasteiger partial charge in [-0.05, 0) is 94.5 Å². The van der Waals surface area contributed by atoms with Crippen molar-refractivity contribution in [3.63, 3.8) is 0 Å². The molecule has 9 heteroatoms. The lowest BCUT2D eigenvalue weighted by Crippen LogP contribution is -2.69. The van der Waals surface area contributed by atoms with Crippen LogP contribution in [0.15, 0.2) is 11.6 Å². The number of rotatable bonds is 4. The molecule has 3 aliphatic heterocycles. The van der Waals surface area contributed by atoms with E-state index < -0.39 is 28.7 Å². The van der Waals surface area contributed by atoms with Crippen molar-refractivity contribution in [2.24, 2.45) is 28.6 Å². The Balaban J connectivity index is 0.971. The number of hydrogen-bond acceptors (Lipinski definition) is 9. The van der Waals surface area contributed by atoms with Gasteiger partial charge in [-0.15, -0.1) is 0 Å². The van der Waals surface area contributed by atoms with Crippen molar-refractivity contribution >= 4 is 12.3 Å². The van der Waals surface area contributed by atoms with E-state index in [2.05, 4.69) is 6.92 Å². The molecule has 5 saturated carbocycles. The fourth-order valence-corrected chi connectivity index (χ4v) is 11.9. The summed E-state index contributed by atoms with van der Waals surface area (Å²) < 4.78 is 31.2. The third kappa shape index (κ3) is 4.18. The lowest BCUT2D eigenvalue weighted by molar-refractivity contribution is -0.278. The number of cyclic esters (lactones) is 1. The van der Waals surface area contributed by atoms with E-state index in [1.807, 2.05) is 6.92 Å². The van der Waals surface area contributed by atoms with Gasteiger partial charge < -0.3 is 38.7 Å². The minimum atomic E-state index is -1.18. The average Bonchev–Trinajstić information content (AvgIpc) is 3.66. The fourth-order valence-electron chi connectivity index (χ4n) is 11.9. The number of carbonyl (C=O) groups is 2. The Morgan fingerprint density at radius 3 is 2.50 bits per heavy atom. The number of aliphatic hydroxyl groups is 2. The molecule has 8 aliphatic rings. The SMILES string of the molecule is CC1OC(OC2CC[C@]3(C=O)[C@H]4CC[C@]5(C)[C@H](C6=CC(=O)OC6)CCC5(O)C4CCC3(O)C2)CC2OC3(CCCCC3)OC12. The van der Waals surface area contributed by atoms with Crippen LogP contribution in [0, 0.1) is 28.6 Å². The van der Waals surface area contributed by atoms with E-state index in [4.69, 9.17) is 23.7 Å². The maximum absolute atomic E-state index is 13.2.